The smallest absolute Gasteiger partial charge is 0.0345 e. The Labute approximate surface area is 301 Å². The topological polar surface area (TPSA) is 0 Å². The zero-order chi connectivity index (χ0) is 35.2. The summed E-state index contributed by atoms with van der Waals surface area (Å²) >= 11 is 1.81. The number of hydrogen-bond donors (Lipinski definition) is 0. The molecule has 1 heterocycles. The van der Waals surface area contributed by atoms with Crippen LogP contribution in [0.15, 0.2) is 165 Å². The Balaban J connectivity index is 0.00000139. The van der Waals surface area contributed by atoms with Crippen LogP contribution in [0.2, 0.25) is 0 Å². The van der Waals surface area contributed by atoms with Gasteiger partial charge >= 0.3 is 0 Å². The molecule has 0 atom stereocenters. The van der Waals surface area contributed by atoms with Gasteiger partial charge in [0.2, 0.25) is 0 Å². The summed E-state index contributed by atoms with van der Waals surface area (Å²) < 4.78 is 0. The van der Waals surface area contributed by atoms with Crippen LogP contribution in [0, 0.1) is 6.92 Å². The van der Waals surface area contributed by atoms with E-state index in [2.05, 4.69) is 180 Å². The van der Waals surface area contributed by atoms with Crippen molar-refractivity contribution in [1.29, 1.82) is 0 Å². The third-order valence-corrected chi connectivity index (χ3v) is 10.5. The Morgan fingerprint density at radius 2 is 1.10 bits per heavy atom. The Hall–Kier alpha value is -5.50. The average Bonchev–Trinajstić information content (AvgIpc) is 3.63. The fourth-order valence-electron chi connectivity index (χ4n) is 6.69. The van der Waals surface area contributed by atoms with Crippen LogP contribution in [0.1, 0.15) is 48.6 Å². The molecule has 0 nitrogen and oxygen atoms in total. The summed E-state index contributed by atoms with van der Waals surface area (Å²) in [5, 5.41) is 7.64. The van der Waals surface area contributed by atoms with Gasteiger partial charge in [0.15, 0.2) is 0 Å². The van der Waals surface area contributed by atoms with Crippen molar-refractivity contribution in [2.24, 2.45) is 0 Å². The van der Waals surface area contributed by atoms with Gasteiger partial charge in [0, 0.05) is 9.75 Å². The van der Waals surface area contributed by atoms with Crippen molar-refractivity contribution in [3.8, 4) is 22.3 Å². The molecule has 0 radical (unpaired) electrons. The lowest BCUT2D eigenvalue weighted by Crippen LogP contribution is -1.91. The van der Waals surface area contributed by atoms with Crippen molar-refractivity contribution in [3.63, 3.8) is 0 Å². The maximum Gasteiger partial charge on any atom is 0.0345 e. The predicted molar refractivity (Wildman–Crippen MR) is 226 cm³/mol. The highest BCUT2D eigenvalue weighted by Gasteiger charge is 2.17. The van der Waals surface area contributed by atoms with Crippen molar-refractivity contribution in [3.05, 3.63) is 186 Å². The second-order valence-corrected chi connectivity index (χ2v) is 13.8. The van der Waals surface area contributed by atoms with Gasteiger partial charge in [-0.25, -0.2) is 0 Å². The molecular formula is C49H44S. The highest BCUT2D eigenvalue weighted by Crippen LogP contribution is 2.44. The molecule has 50 heavy (non-hydrogen) atoms. The molecule has 1 heteroatoms. The van der Waals surface area contributed by atoms with Crippen LogP contribution in [0.4, 0.5) is 0 Å². The summed E-state index contributed by atoms with van der Waals surface area (Å²) in [7, 11) is 0. The largest absolute Gasteiger partial charge is 0.136 e. The van der Waals surface area contributed by atoms with E-state index in [1.54, 1.807) is 6.08 Å². The second-order valence-electron chi connectivity index (χ2n) is 12.7. The summed E-state index contributed by atoms with van der Waals surface area (Å²) in [6.45, 7) is 17.8. The van der Waals surface area contributed by atoms with E-state index in [9.17, 15) is 0 Å². The molecule has 0 bridgehead atoms. The highest BCUT2D eigenvalue weighted by atomic mass is 32.1. The third kappa shape index (κ3) is 6.97. The van der Waals surface area contributed by atoms with E-state index in [1.165, 1.54) is 92.2 Å². The van der Waals surface area contributed by atoms with E-state index in [1.807, 2.05) is 24.3 Å². The molecule has 0 saturated heterocycles. The van der Waals surface area contributed by atoms with Gasteiger partial charge in [-0.3, -0.25) is 0 Å². The predicted octanol–water partition coefficient (Wildman–Crippen LogP) is 15.1. The van der Waals surface area contributed by atoms with Gasteiger partial charge in [-0.15, -0.1) is 17.9 Å². The molecule has 0 aliphatic carbocycles. The standard InChI is InChI=1S/C46H38S.C3H6/c1-6-33(7-2)44-26-25-43(47-44)32(5)21-20-31(4)34-13-12-14-37(28-34)45-39-15-8-10-17-41(39)46(42-18-11-9-16-40(42)45)38-24-23-35-27-30(3)19-22-36(35)29-38;1-3-2/h6-29H,1H2,2-5H3;3H,1H2,2H3/b31-20+,32-21+,33-7+;. The van der Waals surface area contributed by atoms with E-state index < -0.39 is 0 Å². The van der Waals surface area contributed by atoms with E-state index in [-0.39, 0.29) is 0 Å². The molecule has 0 aliphatic heterocycles. The number of hydrogen-bond acceptors (Lipinski definition) is 1. The van der Waals surface area contributed by atoms with Crippen molar-refractivity contribution in [2.45, 2.75) is 34.6 Å². The van der Waals surface area contributed by atoms with E-state index in [0.717, 1.165) is 0 Å². The van der Waals surface area contributed by atoms with Gasteiger partial charge in [0.1, 0.15) is 0 Å². The fraction of sp³-hybridized carbons (Fsp3) is 0.102. The van der Waals surface area contributed by atoms with Crippen molar-refractivity contribution < 1.29 is 0 Å². The first kappa shape index (κ1) is 34.4. The molecular weight excluding hydrogens is 621 g/mol. The summed E-state index contributed by atoms with van der Waals surface area (Å²) in [6, 6.07) is 44.8. The minimum atomic E-state index is 1.18. The molecule has 0 N–H and O–H groups in total. The lowest BCUT2D eigenvalue weighted by atomic mass is 9.85. The second kappa shape index (κ2) is 15.4. The van der Waals surface area contributed by atoms with Crippen LogP contribution >= 0.6 is 11.3 Å². The monoisotopic (exact) mass is 664 g/mol. The Bertz CT molecular complexity index is 2400. The number of rotatable bonds is 7. The van der Waals surface area contributed by atoms with Crippen LogP contribution in [-0.2, 0) is 0 Å². The summed E-state index contributed by atoms with van der Waals surface area (Å²) in [5.74, 6) is 0. The van der Waals surface area contributed by atoms with Gasteiger partial charge in [-0.1, -0.05) is 140 Å². The fourth-order valence-corrected chi connectivity index (χ4v) is 7.74. The number of fused-ring (bicyclic) bond motifs is 3. The molecule has 246 valence electrons. The summed E-state index contributed by atoms with van der Waals surface area (Å²) in [4.78, 5) is 2.53. The molecule has 0 aliphatic rings. The molecule has 7 rings (SSSR count). The van der Waals surface area contributed by atoms with Crippen LogP contribution in [-0.4, -0.2) is 0 Å². The Morgan fingerprint density at radius 1 is 0.560 bits per heavy atom. The zero-order valence-electron chi connectivity index (χ0n) is 29.8. The van der Waals surface area contributed by atoms with Gasteiger partial charge in [0.05, 0.1) is 0 Å². The van der Waals surface area contributed by atoms with Crippen LogP contribution in [0.5, 0.6) is 0 Å². The molecule has 0 saturated carbocycles. The SMILES string of the molecule is C=C/C(=C\C)c1ccc(/C(C)=C/C=C(\C)c2cccc(-c3c4ccccc4c(-c4ccc5cc(C)ccc5c4)c4ccccc34)c2)s1.C=CC. The summed E-state index contributed by atoms with van der Waals surface area (Å²) in [5.41, 5.74) is 11.2. The van der Waals surface area contributed by atoms with Crippen LogP contribution in [0.3, 0.4) is 0 Å². The van der Waals surface area contributed by atoms with Gasteiger partial charge in [-0.2, -0.15) is 0 Å². The first-order valence-corrected chi connectivity index (χ1v) is 18.0. The first-order valence-electron chi connectivity index (χ1n) is 17.2. The number of benzene rings is 6. The van der Waals surface area contributed by atoms with E-state index in [0.29, 0.717) is 0 Å². The van der Waals surface area contributed by atoms with Crippen LogP contribution < -0.4 is 0 Å². The minimum Gasteiger partial charge on any atom is -0.136 e. The normalized spacial score (nSPS) is 12.2. The zero-order valence-corrected chi connectivity index (χ0v) is 30.6. The maximum absolute atomic E-state index is 3.96. The average molecular weight is 665 g/mol. The van der Waals surface area contributed by atoms with E-state index in [4.69, 9.17) is 0 Å². The molecule has 6 aromatic carbocycles. The lowest BCUT2D eigenvalue weighted by Gasteiger charge is -2.18. The maximum atomic E-state index is 3.96. The molecule has 0 fully saturated rings. The first-order chi connectivity index (χ1) is 24.4. The number of thiophene rings is 1. The van der Waals surface area contributed by atoms with Crippen molar-refractivity contribution in [2.75, 3.05) is 0 Å². The molecule has 0 unspecified atom stereocenters. The summed E-state index contributed by atoms with van der Waals surface area (Å²) in [6.07, 6.45) is 10.3. The Morgan fingerprint density at radius 3 is 1.70 bits per heavy atom. The number of allylic oxidation sites excluding steroid dienone is 8. The van der Waals surface area contributed by atoms with Crippen molar-refractivity contribution in [1.82, 2.24) is 0 Å². The Kier molecular flexibility index (Phi) is 10.6. The molecule has 1 aromatic heterocycles. The van der Waals surface area contributed by atoms with Crippen LogP contribution in [0.25, 0.3) is 71.3 Å². The van der Waals surface area contributed by atoms with Gasteiger partial charge in [-0.05, 0) is 136 Å². The third-order valence-electron chi connectivity index (χ3n) is 9.22. The quantitative estimate of drug-likeness (QED) is 0.0904. The highest BCUT2D eigenvalue weighted by molar-refractivity contribution is 7.14. The van der Waals surface area contributed by atoms with Gasteiger partial charge < -0.3 is 0 Å². The molecule has 7 aromatic rings. The van der Waals surface area contributed by atoms with Crippen molar-refractivity contribution >= 4 is 60.4 Å². The lowest BCUT2D eigenvalue weighted by molar-refractivity contribution is 1.51. The molecule has 0 spiro atoms. The minimum absolute atomic E-state index is 1.18. The molecule has 0 amide bonds. The van der Waals surface area contributed by atoms with Gasteiger partial charge in [0.25, 0.3) is 0 Å². The van der Waals surface area contributed by atoms with E-state index >= 15 is 0 Å². The number of aryl methyl sites for hydroxylation is 1.